The molecule has 0 saturated carbocycles. The Balaban J connectivity index is 1.49. The number of nitrogens with zero attached hydrogens (tertiary/aromatic N) is 4. The predicted molar refractivity (Wildman–Crippen MR) is 130 cm³/mol. The minimum atomic E-state index is -3.56. The van der Waals surface area contributed by atoms with Crippen LogP contribution in [-0.2, 0) is 10.0 Å². The third-order valence-corrected chi connectivity index (χ3v) is 7.35. The molecule has 2 saturated heterocycles. The van der Waals surface area contributed by atoms with Gasteiger partial charge in [0.2, 0.25) is 0 Å². The second-order valence-corrected chi connectivity index (χ2v) is 11.6. The Hall–Kier alpha value is -2.63. The largest absolute Gasteiger partial charge is 0.362 e. The van der Waals surface area contributed by atoms with Gasteiger partial charge in [0, 0.05) is 31.9 Å². The summed E-state index contributed by atoms with van der Waals surface area (Å²) in [7, 11) is -0.128. The first-order valence-electron chi connectivity index (χ1n) is 10.3. The molecule has 4 rings (SSSR count). The summed E-state index contributed by atoms with van der Waals surface area (Å²) in [5, 5.41) is 3.04. The van der Waals surface area contributed by atoms with Crippen molar-refractivity contribution in [1.29, 1.82) is 0 Å². The quantitative estimate of drug-likeness (QED) is 0.493. The summed E-state index contributed by atoms with van der Waals surface area (Å²) in [6.45, 7) is 1.02. The average molecular weight is 510 g/mol. The van der Waals surface area contributed by atoms with Gasteiger partial charge in [-0.05, 0) is 42.8 Å². The molecule has 1 aromatic carbocycles. The van der Waals surface area contributed by atoms with Crippen LogP contribution >= 0.6 is 22.9 Å². The summed E-state index contributed by atoms with van der Waals surface area (Å²) >= 11 is 7.16. The lowest BCUT2D eigenvalue weighted by Gasteiger charge is -2.20. The van der Waals surface area contributed by atoms with Gasteiger partial charge >= 0.3 is 6.03 Å². The normalized spacial score (nSPS) is 20.8. The molecular weight excluding hydrogens is 486 g/mol. The van der Waals surface area contributed by atoms with E-state index in [0.29, 0.717) is 45.8 Å². The summed E-state index contributed by atoms with van der Waals surface area (Å²) in [6, 6.07) is 10.0. The van der Waals surface area contributed by atoms with E-state index in [0.717, 1.165) is 6.26 Å². The number of anilines is 1. The van der Waals surface area contributed by atoms with Crippen molar-refractivity contribution in [1.82, 2.24) is 15.1 Å². The second kappa shape index (κ2) is 8.96. The third-order valence-electron chi connectivity index (χ3n) is 5.62. The number of amides is 3. The van der Waals surface area contributed by atoms with Crippen molar-refractivity contribution in [2.24, 2.45) is 4.40 Å². The number of benzene rings is 1. The van der Waals surface area contributed by atoms with Crippen LogP contribution in [0.4, 0.5) is 10.5 Å². The zero-order valence-electron chi connectivity index (χ0n) is 18.4. The summed E-state index contributed by atoms with van der Waals surface area (Å²) in [5.74, 6) is 0.129. The van der Waals surface area contributed by atoms with Crippen molar-refractivity contribution in [3.05, 3.63) is 51.2 Å². The minimum Gasteiger partial charge on any atom is -0.362 e. The Morgan fingerprint density at radius 1 is 1.21 bits per heavy atom. The lowest BCUT2D eigenvalue weighted by molar-refractivity contribution is 0.0935. The van der Waals surface area contributed by atoms with Crippen LogP contribution in [0.3, 0.4) is 0 Å². The molecule has 2 fully saturated rings. The lowest BCUT2D eigenvalue weighted by atomic mass is 10.1. The molecule has 2 aliphatic rings. The molecule has 0 radical (unpaired) electrons. The van der Waals surface area contributed by atoms with E-state index in [-0.39, 0.29) is 24.0 Å². The number of thiophene rings is 1. The Kier molecular flexibility index (Phi) is 6.39. The van der Waals surface area contributed by atoms with Crippen LogP contribution in [-0.4, -0.2) is 81.5 Å². The van der Waals surface area contributed by atoms with E-state index in [1.54, 1.807) is 65.2 Å². The maximum absolute atomic E-state index is 13.0. The molecule has 1 N–H and O–H groups in total. The molecule has 1 aromatic heterocycles. The van der Waals surface area contributed by atoms with Crippen LogP contribution in [0, 0.1) is 0 Å². The van der Waals surface area contributed by atoms with Crippen molar-refractivity contribution < 1.29 is 18.0 Å². The summed E-state index contributed by atoms with van der Waals surface area (Å²) in [6.07, 6.45) is 1.74. The van der Waals surface area contributed by atoms with E-state index >= 15 is 0 Å². The first-order valence-corrected chi connectivity index (χ1v) is 13.3. The van der Waals surface area contributed by atoms with E-state index < -0.39 is 10.0 Å². The van der Waals surface area contributed by atoms with Crippen molar-refractivity contribution in [3.63, 3.8) is 0 Å². The highest BCUT2D eigenvalue weighted by molar-refractivity contribution is 7.89. The van der Waals surface area contributed by atoms with Crippen LogP contribution in [0.2, 0.25) is 4.34 Å². The van der Waals surface area contributed by atoms with Gasteiger partial charge in [0.25, 0.3) is 15.9 Å². The molecule has 9 nitrogen and oxygen atoms in total. The molecular formula is C21H24ClN5O4S2. The molecule has 2 atom stereocenters. The van der Waals surface area contributed by atoms with Crippen LogP contribution in [0.15, 0.2) is 40.8 Å². The number of urea groups is 1. The number of rotatable bonds is 5. The van der Waals surface area contributed by atoms with Crippen LogP contribution < -0.4 is 10.2 Å². The van der Waals surface area contributed by atoms with Gasteiger partial charge in [-0.1, -0.05) is 11.6 Å². The van der Waals surface area contributed by atoms with Gasteiger partial charge in [-0.3, -0.25) is 9.69 Å². The van der Waals surface area contributed by atoms with E-state index in [9.17, 15) is 18.0 Å². The van der Waals surface area contributed by atoms with Gasteiger partial charge in [0.15, 0.2) is 0 Å². The van der Waals surface area contributed by atoms with Crippen molar-refractivity contribution >= 4 is 56.4 Å². The highest BCUT2D eigenvalue weighted by Crippen LogP contribution is 2.31. The van der Waals surface area contributed by atoms with E-state index in [1.165, 1.54) is 11.3 Å². The maximum atomic E-state index is 13.0. The van der Waals surface area contributed by atoms with Crippen LogP contribution in [0.1, 0.15) is 21.7 Å². The Labute approximate surface area is 201 Å². The van der Waals surface area contributed by atoms with Crippen molar-refractivity contribution in [2.75, 3.05) is 38.3 Å². The van der Waals surface area contributed by atoms with Crippen molar-refractivity contribution in [2.45, 2.75) is 18.5 Å². The molecule has 3 heterocycles. The number of hydrogen-bond donors (Lipinski definition) is 1. The lowest BCUT2D eigenvalue weighted by Crippen LogP contribution is -2.44. The third kappa shape index (κ3) is 4.99. The first-order chi connectivity index (χ1) is 15.5. The highest BCUT2D eigenvalue weighted by Gasteiger charge is 2.46. The number of hydrogen-bond acceptors (Lipinski definition) is 5. The monoisotopic (exact) mass is 509 g/mol. The number of carbonyl (C=O) groups excluding carboxylic acids is 2. The fraction of sp³-hybridized carbons (Fsp3) is 0.381. The number of amidine groups is 1. The molecule has 0 aliphatic carbocycles. The summed E-state index contributed by atoms with van der Waals surface area (Å²) < 4.78 is 27.6. The maximum Gasteiger partial charge on any atom is 0.324 e. The summed E-state index contributed by atoms with van der Waals surface area (Å²) in [5.41, 5.74) is 1.33. The Morgan fingerprint density at radius 3 is 2.48 bits per heavy atom. The van der Waals surface area contributed by atoms with E-state index in [1.807, 2.05) is 0 Å². The zero-order valence-corrected chi connectivity index (χ0v) is 20.7. The number of sulfonamides is 1. The summed E-state index contributed by atoms with van der Waals surface area (Å²) in [4.78, 5) is 31.2. The minimum absolute atomic E-state index is 0.110. The van der Waals surface area contributed by atoms with Gasteiger partial charge in [0.05, 0.1) is 34.1 Å². The smallest absolute Gasteiger partial charge is 0.324 e. The molecule has 0 bridgehead atoms. The Morgan fingerprint density at radius 2 is 1.91 bits per heavy atom. The second-order valence-electron chi connectivity index (χ2n) is 8.22. The molecule has 0 spiro atoms. The SMILES string of the molecule is CN(C)C(=NS(C)(=O)=O)c1ccc(N2C[C@@H]3[C@H](NC(=O)c4ccc(Cl)s4)CCN3C2=O)cc1. The topological polar surface area (TPSA) is 102 Å². The highest BCUT2D eigenvalue weighted by atomic mass is 35.5. The first kappa shape index (κ1) is 23.5. The van der Waals surface area contributed by atoms with Gasteiger partial charge in [-0.25, -0.2) is 13.2 Å². The molecule has 2 aromatic rings. The van der Waals surface area contributed by atoms with Crippen LogP contribution in [0.25, 0.3) is 0 Å². The number of halogens is 1. The molecule has 33 heavy (non-hydrogen) atoms. The van der Waals surface area contributed by atoms with E-state index in [2.05, 4.69) is 9.71 Å². The fourth-order valence-corrected chi connectivity index (χ4v) is 5.67. The number of nitrogens with one attached hydrogen (secondary N) is 1. The molecule has 3 amide bonds. The standard InChI is InChI=1S/C21H24ClN5O4S2/c1-25(2)19(24-33(3,30)31)13-4-6-14(7-5-13)27-12-16-15(10-11-26(16)21(27)29)23-20(28)17-8-9-18(22)32-17/h4-9,15-16H,10-12H2,1-3H3,(H,23,28)/t15-,16-/m1/s1. The molecule has 0 unspecified atom stereocenters. The van der Waals surface area contributed by atoms with E-state index in [4.69, 9.17) is 11.6 Å². The van der Waals surface area contributed by atoms with Crippen LogP contribution in [0.5, 0.6) is 0 Å². The Bertz CT molecular complexity index is 1210. The van der Waals surface area contributed by atoms with Gasteiger partial charge in [-0.15, -0.1) is 15.7 Å². The average Bonchev–Trinajstić information content (AvgIpc) is 3.43. The number of fused-ring (bicyclic) bond motifs is 1. The van der Waals surface area contributed by atoms with Crippen molar-refractivity contribution in [3.8, 4) is 0 Å². The zero-order chi connectivity index (χ0) is 23.9. The molecule has 2 aliphatic heterocycles. The predicted octanol–water partition coefficient (Wildman–Crippen LogP) is 2.48. The molecule has 12 heteroatoms. The van der Waals surface area contributed by atoms with Gasteiger partial charge < -0.3 is 15.1 Å². The number of carbonyl (C=O) groups is 2. The fourth-order valence-electron chi connectivity index (χ4n) is 4.14. The van der Waals surface area contributed by atoms with Gasteiger partial charge in [0.1, 0.15) is 5.84 Å². The molecule has 176 valence electrons. The van der Waals surface area contributed by atoms with Gasteiger partial charge in [-0.2, -0.15) is 0 Å².